The van der Waals surface area contributed by atoms with Gasteiger partial charge in [-0.3, -0.25) is 0 Å². The van der Waals surface area contributed by atoms with Crippen molar-refractivity contribution < 1.29 is 4.79 Å². The quantitative estimate of drug-likeness (QED) is 0.429. The number of nitrogens with zero attached hydrogens (tertiary/aromatic N) is 3. The lowest BCUT2D eigenvalue weighted by Gasteiger charge is -2.12. The summed E-state index contributed by atoms with van der Waals surface area (Å²) in [6.07, 6.45) is 0.547. The van der Waals surface area contributed by atoms with Gasteiger partial charge in [-0.25, -0.2) is 9.78 Å². The van der Waals surface area contributed by atoms with E-state index >= 15 is 0 Å². The molecule has 0 unspecified atom stereocenters. The van der Waals surface area contributed by atoms with E-state index in [1.807, 2.05) is 34.9 Å². The molecule has 4 rings (SSSR count). The average Bonchev–Trinajstić information content (AvgIpc) is 3.08. The van der Waals surface area contributed by atoms with Crippen molar-refractivity contribution in [3.05, 3.63) is 93.2 Å². The summed E-state index contributed by atoms with van der Waals surface area (Å²) in [4.78, 5) is 15.8. The monoisotopic (exact) mass is 449 g/mol. The van der Waals surface area contributed by atoms with E-state index < -0.39 is 6.03 Å². The zero-order valence-corrected chi connectivity index (χ0v) is 17.8. The minimum atomic E-state index is -0.610. The molecule has 0 aliphatic rings. The van der Waals surface area contributed by atoms with Crippen molar-refractivity contribution in [1.82, 2.24) is 9.55 Å². The summed E-state index contributed by atoms with van der Waals surface area (Å²) in [7, 11) is 0. The lowest BCUT2D eigenvalue weighted by Crippen LogP contribution is -2.19. The Morgan fingerprint density at radius 1 is 1.10 bits per heavy atom. The van der Waals surface area contributed by atoms with Crippen LogP contribution in [-0.4, -0.2) is 15.6 Å². The van der Waals surface area contributed by atoms with Gasteiger partial charge in [-0.15, -0.1) is 0 Å². The van der Waals surface area contributed by atoms with Gasteiger partial charge in [-0.1, -0.05) is 35.3 Å². The first kappa shape index (κ1) is 20.7. The Morgan fingerprint density at radius 3 is 2.58 bits per heavy atom. The molecule has 31 heavy (non-hydrogen) atoms. The lowest BCUT2D eigenvalue weighted by atomic mass is 10.1. The second kappa shape index (κ2) is 8.68. The molecule has 2 amide bonds. The van der Waals surface area contributed by atoms with E-state index in [1.54, 1.807) is 30.3 Å². The minimum Gasteiger partial charge on any atom is -0.351 e. The molecule has 3 aromatic carbocycles. The molecule has 0 spiro atoms. The topological polar surface area (TPSA) is 96.7 Å². The van der Waals surface area contributed by atoms with Crippen molar-refractivity contribution in [2.24, 2.45) is 5.73 Å². The molecule has 0 saturated carbocycles. The summed E-state index contributed by atoms with van der Waals surface area (Å²) < 4.78 is 2.04. The van der Waals surface area contributed by atoms with E-state index in [1.165, 1.54) is 0 Å². The maximum absolute atomic E-state index is 11.0. The summed E-state index contributed by atoms with van der Waals surface area (Å²) >= 11 is 12.6. The molecule has 0 saturated heterocycles. The Kier molecular flexibility index (Phi) is 5.81. The molecule has 8 heteroatoms. The average molecular weight is 450 g/mol. The van der Waals surface area contributed by atoms with Crippen LogP contribution in [0.15, 0.2) is 60.7 Å². The van der Waals surface area contributed by atoms with Crippen LogP contribution in [0.25, 0.3) is 11.0 Å². The van der Waals surface area contributed by atoms with Crippen molar-refractivity contribution in [1.29, 1.82) is 5.26 Å². The van der Waals surface area contributed by atoms with Crippen molar-refractivity contribution in [3.63, 3.8) is 0 Å². The second-order valence-corrected chi connectivity index (χ2v) is 7.87. The molecule has 1 aromatic heterocycles. The molecule has 0 bridgehead atoms. The van der Waals surface area contributed by atoms with Crippen molar-refractivity contribution in [3.8, 4) is 6.07 Å². The number of primary amides is 1. The number of urea groups is 1. The number of hydrogen-bond acceptors (Lipinski definition) is 3. The number of nitrogens with two attached hydrogens (primary N) is 1. The summed E-state index contributed by atoms with van der Waals surface area (Å²) in [6, 6.07) is 19.7. The molecular formula is C23H17Cl2N5O. The van der Waals surface area contributed by atoms with E-state index in [4.69, 9.17) is 33.9 Å². The normalized spacial score (nSPS) is 10.7. The van der Waals surface area contributed by atoms with Crippen LogP contribution in [-0.2, 0) is 13.0 Å². The number of halogens is 2. The van der Waals surface area contributed by atoms with Crippen molar-refractivity contribution >= 4 is 46.0 Å². The highest BCUT2D eigenvalue weighted by atomic mass is 35.5. The van der Waals surface area contributed by atoms with Crippen LogP contribution < -0.4 is 11.1 Å². The van der Waals surface area contributed by atoms with Gasteiger partial charge in [0, 0.05) is 22.2 Å². The van der Waals surface area contributed by atoms with Gasteiger partial charge in [0.2, 0.25) is 0 Å². The molecule has 3 N–H and O–H groups in total. The fraction of sp³-hybridized carbons (Fsp3) is 0.0870. The number of fused-ring (bicyclic) bond motifs is 1. The molecular weight excluding hydrogens is 433 g/mol. The molecule has 1 heterocycles. The third kappa shape index (κ3) is 4.64. The predicted molar refractivity (Wildman–Crippen MR) is 122 cm³/mol. The third-order valence-corrected chi connectivity index (χ3v) is 5.48. The number of nitrogens with one attached hydrogen (secondary N) is 1. The Bertz CT molecular complexity index is 1320. The van der Waals surface area contributed by atoms with Crippen LogP contribution in [0.3, 0.4) is 0 Å². The Labute approximate surface area is 188 Å². The number of benzene rings is 3. The van der Waals surface area contributed by atoms with Crippen LogP contribution in [0.1, 0.15) is 22.5 Å². The number of rotatable bonds is 5. The second-order valence-electron chi connectivity index (χ2n) is 7.03. The van der Waals surface area contributed by atoms with Gasteiger partial charge in [-0.05, 0) is 59.7 Å². The summed E-state index contributed by atoms with van der Waals surface area (Å²) in [5.41, 5.74) is 9.84. The highest BCUT2D eigenvalue weighted by molar-refractivity contribution is 6.33. The van der Waals surface area contributed by atoms with Gasteiger partial charge in [-0.2, -0.15) is 5.26 Å². The van der Waals surface area contributed by atoms with Crippen LogP contribution in [0.5, 0.6) is 0 Å². The Morgan fingerprint density at radius 2 is 1.87 bits per heavy atom. The van der Waals surface area contributed by atoms with Gasteiger partial charge >= 0.3 is 6.03 Å². The molecule has 4 aromatic rings. The largest absolute Gasteiger partial charge is 0.351 e. The van der Waals surface area contributed by atoms with Gasteiger partial charge in [0.05, 0.1) is 29.2 Å². The number of anilines is 1. The van der Waals surface area contributed by atoms with E-state index in [2.05, 4.69) is 11.4 Å². The van der Waals surface area contributed by atoms with Gasteiger partial charge in [0.25, 0.3) is 0 Å². The molecule has 0 aliphatic carbocycles. The Hall–Kier alpha value is -3.53. The summed E-state index contributed by atoms with van der Waals surface area (Å²) in [5.74, 6) is 0.816. The van der Waals surface area contributed by atoms with E-state index in [0.717, 1.165) is 28.0 Å². The minimum absolute atomic E-state index is 0.460. The first-order valence-electron chi connectivity index (χ1n) is 9.41. The van der Waals surface area contributed by atoms with Gasteiger partial charge in [0.1, 0.15) is 5.82 Å². The van der Waals surface area contributed by atoms with Crippen LogP contribution in [0.4, 0.5) is 10.5 Å². The van der Waals surface area contributed by atoms with Crippen molar-refractivity contribution in [2.45, 2.75) is 13.0 Å². The first-order valence-corrected chi connectivity index (χ1v) is 10.2. The molecule has 0 fully saturated rings. The van der Waals surface area contributed by atoms with E-state index in [0.29, 0.717) is 34.3 Å². The fourth-order valence-electron chi connectivity index (χ4n) is 3.42. The highest BCUT2D eigenvalue weighted by Crippen LogP contribution is 2.26. The van der Waals surface area contributed by atoms with Crippen LogP contribution in [0.2, 0.25) is 10.0 Å². The first-order chi connectivity index (χ1) is 14.9. The molecule has 6 nitrogen and oxygen atoms in total. The lowest BCUT2D eigenvalue weighted by molar-refractivity contribution is 0.259. The number of carbonyl (C=O) groups excluding carboxylic acids is 1. The molecule has 154 valence electrons. The highest BCUT2D eigenvalue weighted by Gasteiger charge is 2.14. The van der Waals surface area contributed by atoms with E-state index in [9.17, 15) is 10.1 Å². The number of aromatic nitrogens is 2. The van der Waals surface area contributed by atoms with Gasteiger partial charge < -0.3 is 15.6 Å². The number of amides is 2. The molecule has 0 radical (unpaired) electrons. The fourth-order valence-corrected chi connectivity index (χ4v) is 3.79. The van der Waals surface area contributed by atoms with Gasteiger partial charge in [0.15, 0.2) is 0 Å². The smallest absolute Gasteiger partial charge is 0.316 e. The summed E-state index contributed by atoms with van der Waals surface area (Å²) in [5, 5.41) is 13.1. The standard InChI is InChI=1S/C23H17Cl2N5O/c24-17-4-7-19(25)16(11-17)13-30-21-9-15(12-26)3-8-20(21)29-22(30)10-14-1-5-18(6-2-14)28-23(27)31/h1-9,11H,10,13H2,(H3,27,28,31). The molecule has 0 atom stereocenters. The maximum Gasteiger partial charge on any atom is 0.316 e. The maximum atomic E-state index is 11.0. The third-order valence-electron chi connectivity index (χ3n) is 4.88. The summed E-state index contributed by atoms with van der Waals surface area (Å²) in [6.45, 7) is 0.460. The van der Waals surface area contributed by atoms with Crippen LogP contribution >= 0.6 is 23.2 Å². The zero-order valence-electron chi connectivity index (χ0n) is 16.3. The van der Waals surface area contributed by atoms with E-state index in [-0.39, 0.29) is 0 Å². The van der Waals surface area contributed by atoms with Crippen molar-refractivity contribution in [2.75, 3.05) is 5.32 Å². The number of imidazole rings is 1. The molecule has 0 aliphatic heterocycles. The van der Waals surface area contributed by atoms with Crippen LogP contribution in [0, 0.1) is 11.3 Å². The zero-order chi connectivity index (χ0) is 22.0. The number of nitriles is 1. The SMILES string of the molecule is N#Cc1ccc2nc(Cc3ccc(NC(N)=O)cc3)n(Cc3cc(Cl)ccc3Cl)c2c1. The number of carbonyl (C=O) groups is 1. The Balaban J connectivity index is 1.75. The predicted octanol–water partition coefficient (Wildman–Crippen LogP) is 5.34. The number of hydrogen-bond donors (Lipinski definition) is 2.